The number of likely N-dealkylation sites (tertiary alicyclic amines) is 1. The van der Waals surface area contributed by atoms with Gasteiger partial charge in [-0.25, -0.2) is 0 Å². The van der Waals surface area contributed by atoms with Crippen molar-refractivity contribution in [3.8, 4) is 5.75 Å². The SMILES string of the molecule is COc1cc(NC(=O)c2ccc3c(c2)C2CN(C(=O)CCc4cnn(C)c4)CC2NC3=O)ccc1SC. The lowest BCUT2D eigenvalue weighted by molar-refractivity contribution is -0.130. The van der Waals surface area contributed by atoms with Crippen molar-refractivity contribution >= 4 is 35.2 Å². The second-order valence-electron chi connectivity index (χ2n) is 9.33. The van der Waals surface area contributed by atoms with E-state index >= 15 is 0 Å². The Bertz CT molecular complexity index is 1370. The van der Waals surface area contributed by atoms with E-state index in [-0.39, 0.29) is 29.7 Å². The fraction of sp³-hybridized carbons (Fsp3) is 0.333. The molecule has 3 aromatic rings. The summed E-state index contributed by atoms with van der Waals surface area (Å²) < 4.78 is 7.14. The lowest BCUT2D eigenvalue weighted by atomic mass is 9.85. The third-order valence-corrected chi connectivity index (χ3v) is 7.75. The van der Waals surface area contributed by atoms with Gasteiger partial charge in [-0.05, 0) is 54.1 Å². The Labute approximate surface area is 219 Å². The van der Waals surface area contributed by atoms with Gasteiger partial charge >= 0.3 is 0 Å². The number of thioether (sulfide) groups is 1. The Hall–Kier alpha value is -3.79. The van der Waals surface area contributed by atoms with Crippen LogP contribution in [0.2, 0.25) is 0 Å². The third-order valence-electron chi connectivity index (χ3n) is 6.97. The number of carbonyl (C=O) groups excluding carboxylic acids is 3. The number of hydrogen-bond donors (Lipinski definition) is 2. The van der Waals surface area contributed by atoms with Crippen molar-refractivity contribution in [1.82, 2.24) is 20.0 Å². The molecule has 9 nitrogen and oxygen atoms in total. The summed E-state index contributed by atoms with van der Waals surface area (Å²) in [5.41, 5.74) is 3.45. The molecule has 37 heavy (non-hydrogen) atoms. The van der Waals surface area contributed by atoms with Crippen LogP contribution in [0.5, 0.6) is 5.75 Å². The molecule has 1 aromatic heterocycles. The summed E-state index contributed by atoms with van der Waals surface area (Å²) >= 11 is 1.57. The summed E-state index contributed by atoms with van der Waals surface area (Å²) in [6, 6.07) is 10.5. The fourth-order valence-corrected chi connectivity index (χ4v) is 5.61. The number of fused-ring (bicyclic) bond motifs is 3. The normalized spacial score (nSPS) is 18.1. The summed E-state index contributed by atoms with van der Waals surface area (Å²) in [5, 5.41) is 10.1. The number of nitrogens with one attached hydrogen (secondary N) is 2. The predicted octanol–water partition coefficient (Wildman–Crippen LogP) is 3.07. The number of carbonyl (C=O) groups is 3. The fourth-order valence-electron chi connectivity index (χ4n) is 5.06. The second-order valence-corrected chi connectivity index (χ2v) is 10.2. The molecule has 2 aliphatic heterocycles. The van der Waals surface area contributed by atoms with Crippen molar-refractivity contribution in [1.29, 1.82) is 0 Å². The summed E-state index contributed by atoms with van der Waals surface area (Å²) in [5.74, 6) is 0.223. The van der Waals surface area contributed by atoms with Crippen LogP contribution in [0.4, 0.5) is 5.69 Å². The molecule has 3 amide bonds. The molecule has 0 bridgehead atoms. The number of hydrogen-bond acceptors (Lipinski definition) is 6. The first-order chi connectivity index (χ1) is 17.9. The van der Waals surface area contributed by atoms with Crippen molar-refractivity contribution in [2.24, 2.45) is 7.05 Å². The molecule has 1 saturated heterocycles. The van der Waals surface area contributed by atoms with E-state index in [9.17, 15) is 14.4 Å². The molecule has 2 N–H and O–H groups in total. The monoisotopic (exact) mass is 519 g/mol. The smallest absolute Gasteiger partial charge is 0.255 e. The van der Waals surface area contributed by atoms with Crippen LogP contribution in [0.1, 0.15) is 44.2 Å². The topological polar surface area (TPSA) is 106 Å². The zero-order chi connectivity index (χ0) is 26.1. The highest BCUT2D eigenvalue weighted by molar-refractivity contribution is 7.98. The molecule has 3 heterocycles. The molecule has 192 valence electrons. The number of nitrogens with zero attached hydrogens (tertiary/aromatic N) is 3. The molecule has 0 radical (unpaired) electrons. The van der Waals surface area contributed by atoms with Crippen LogP contribution < -0.4 is 15.4 Å². The Kier molecular flexibility index (Phi) is 6.92. The van der Waals surface area contributed by atoms with Gasteiger partial charge < -0.3 is 20.3 Å². The zero-order valence-electron chi connectivity index (χ0n) is 21.0. The molecular formula is C27H29N5O4S. The highest BCUT2D eigenvalue weighted by atomic mass is 32.2. The van der Waals surface area contributed by atoms with E-state index in [0.29, 0.717) is 48.5 Å². The minimum Gasteiger partial charge on any atom is -0.496 e. The summed E-state index contributed by atoms with van der Waals surface area (Å²) in [4.78, 5) is 41.6. The van der Waals surface area contributed by atoms with Gasteiger partial charge in [-0.3, -0.25) is 19.1 Å². The van der Waals surface area contributed by atoms with E-state index in [1.54, 1.807) is 54.0 Å². The van der Waals surface area contributed by atoms with Crippen LogP contribution in [-0.4, -0.2) is 64.9 Å². The maximum absolute atomic E-state index is 13.1. The third kappa shape index (κ3) is 5.06. The van der Waals surface area contributed by atoms with E-state index in [4.69, 9.17) is 4.74 Å². The van der Waals surface area contributed by atoms with Crippen LogP contribution in [0.3, 0.4) is 0 Å². The molecule has 2 unspecified atom stereocenters. The first-order valence-corrected chi connectivity index (χ1v) is 13.3. The number of amides is 3. The number of benzene rings is 2. The van der Waals surface area contributed by atoms with Crippen molar-refractivity contribution in [2.75, 3.05) is 31.8 Å². The quantitative estimate of drug-likeness (QED) is 0.465. The average molecular weight is 520 g/mol. The largest absolute Gasteiger partial charge is 0.496 e. The predicted molar refractivity (Wildman–Crippen MR) is 141 cm³/mol. The van der Waals surface area contributed by atoms with Gasteiger partial charge in [-0.15, -0.1) is 11.8 Å². The minimum atomic E-state index is -0.272. The van der Waals surface area contributed by atoms with Crippen molar-refractivity contribution in [3.63, 3.8) is 0 Å². The van der Waals surface area contributed by atoms with Crippen LogP contribution in [0, 0.1) is 0 Å². The lowest BCUT2D eigenvalue weighted by Crippen LogP contribution is -2.44. The van der Waals surface area contributed by atoms with Gasteiger partial charge in [0.2, 0.25) is 5.91 Å². The minimum absolute atomic E-state index is 0.0468. The number of rotatable bonds is 7. The Morgan fingerprint density at radius 1 is 1.22 bits per heavy atom. The zero-order valence-corrected chi connectivity index (χ0v) is 21.8. The van der Waals surface area contributed by atoms with Crippen LogP contribution in [0.25, 0.3) is 0 Å². The van der Waals surface area contributed by atoms with Crippen molar-refractivity contribution < 1.29 is 19.1 Å². The summed E-state index contributed by atoms with van der Waals surface area (Å²) in [6.07, 6.45) is 6.65. The number of aryl methyl sites for hydroxylation is 2. The first kappa shape index (κ1) is 24.9. The van der Waals surface area contributed by atoms with Crippen LogP contribution in [-0.2, 0) is 18.3 Å². The number of ether oxygens (including phenoxy) is 1. The first-order valence-electron chi connectivity index (χ1n) is 12.1. The van der Waals surface area contributed by atoms with Crippen LogP contribution >= 0.6 is 11.8 Å². The summed E-state index contributed by atoms with van der Waals surface area (Å²) in [6.45, 7) is 0.960. The molecule has 10 heteroatoms. The molecule has 1 fully saturated rings. The van der Waals surface area contributed by atoms with Gasteiger partial charge in [0, 0.05) is 66.4 Å². The molecule has 2 atom stereocenters. The van der Waals surface area contributed by atoms with Crippen molar-refractivity contribution in [2.45, 2.75) is 29.7 Å². The van der Waals surface area contributed by atoms with Gasteiger partial charge in [0.25, 0.3) is 11.8 Å². The summed E-state index contributed by atoms with van der Waals surface area (Å²) in [7, 11) is 3.45. The van der Waals surface area contributed by atoms with E-state index in [1.807, 2.05) is 36.5 Å². The highest BCUT2D eigenvalue weighted by Crippen LogP contribution is 2.35. The van der Waals surface area contributed by atoms with E-state index in [0.717, 1.165) is 16.0 Å². The van der Waals surface area contributed by atoms with Gasteiger partial charge in [-0.2, -0.15) is 5.10 Å². The Morgan fingerprint density at radius 3 is 2.78 bits per heavy atom. The molecule has 2 aromatic carbocycles. The lowest BCUT2D eigenvalue weighted by Gasteiger charge is -2.28. The molecule has 0 saturated carbocycles. The highest BCUT2D eigenvalue weighted by Gasteiger charge is 2.42. The Morgan fingerprint density at radius 2 is 2.05 bits per heavy atom. The van der Waals surface area contributed by atoms with Crippen LogP contribution in [0.15, 0.2) is 53.7 Å². The van der Waals surface area contributed by atoms with Gasteiger partial charge in [0.15, 0.2) is 0 Å². The van der Waals surface area contributed by atoms with Gasteiger partial charge in [0.05, 0.1) is 19.3 Å². The van der Waals surface area contributed by atoms with Gasteiger partial charge in [0.1, 0.15) is 5.75 Å². The molecular weight excluding hydrogens is 490 g/mol. The molecule has 0 aliphatic carbocycles. The van der Waals surface area contributed by atoms with E-state index in [1.165, 1.54) is 0 Å². The van der Waals surface area contributed by atoms with Gasteiger partial charge in [-0.1, -0.05) is 0 Å². The Balaban J connectivity index is 1.31. The number of anilines is 1. The maximum atomic E-state index is 13.1. The molecule has 0 spiro atoms. The average Bonchev–Trinajstić information content (AvgIpc) is 3.53. The van der Waals surface area contributed by atoms with E-state index in [2.05, 4.69) is 15.7 Å². The standard InChI is InChI=1S/C27H29N5O4S/c1-31-13-16(12-28-31)4-9-25(33)32-14-21-20-10-17(5-7-19(20)27(35)30-22(21)15-32)26(34)29-18-6-8-24(37-3)23(11-18)36-2/h5-8,10-13,21-22H,4,9,14-15H2,1-3H3,(H,29,34)(H,30,35). The number of aromatic nitrogens is 2. The number of methoxy groups -OCH3 is 1. The van der Waals surface area contributed by atoms with Crippen molar-refractivity contribution in [3.05, 3.63) is 71.0 Å². The van der Waals surface area contributed by atoms with E-state index < -0.39 is 0 Å². The maximum Gasteiger partial charge on any atom is 0.255 e. The molecule has 5 rings (SSSR count). The second kappa shape index (κ2) is 10.3. The molecule has 2 aliphatic rings.